The number of likely N-dealkylation sites (N-methyl/N-ethyl adjacent to an activating group) is 1. The van der Waals surface area contributed by atoms with Gasteiger partial charge in [0.25, 0.3) is 0 Å². The van der Waals surface area contributed by atoms with Gasteiger partial charge in [0.05, 0.1) is 0 Å². The summed E-state index contributed by atoms with van der Waals surface area (Å²) in [5.74, 6) is 0.926. The lowest BCUT2D eigenvalue weighted by Crippen LogP contribution is -2.20. The van der Waals surface area contributed by atoms with E-state index in [1.165, 1.54) is 5.39 Å². The fraction of sp³-hybridized carbons (Fsp3) is 0.375. The summed E-state index contributed by atoms with van der Waals surface area (Å²) in [6, 6.07) is 12.4. The third-order valence-corrected chi connectivity index (χ3v) is 3.19. The van der Waals surface area contributed by atoms with Gasteiger partial charge in [0.15, 0.2) is 0 Å². The highest BCUT2D eigenvalue weighted by Gasteiger charge is 2.12. The minimum Gasteiger partial charge on any atom is -0.491 e. The Hall–Kier alpha value is -1.58. The van der Waals surface area contributed by atoms with Gasteiger partial charge in [-0.05, 0) is 26.4 Å². The highest BCUT2D eigenvalue weighted by molar-refractivity contribution is 5.89. The van der Waals surface area contributed by atoms with Crippen LogP contribution in [0.4, 0.5) is 0 Å². The van der Waals surface area contributed by atoms with Crippen molar-refractivity contribution < 1.29 is 4.74 Å². The van der Waals surface area contributed by atoms with Gasteiger partial charge in [-0.3, -0.25) is 0 Å². The zero-order chi connectivity index (χ0) is 13.8. The summed E-state index contributed by atoms with van der Waals surface area (Å²) in [6.07, 6.45) is 0. The van der Waals surface area contributed by atoms with Gasteiger partial charge in [-0.25, -0.2) is 0 Å². The first-order valence-corrected chi connectivity index (χ1v) is 6.64. The summed E-state index contributed by atoms with van der Waals surface area (Å²) in [7, 11) is 4.08. The third kappa shape index (κ3) is 3.25. The average molecular weight is 258 g/mol. The van der Waals surface area contributed by atoms with Gasteiger partial charge < -0.3 is 15.4 Å². The van der Waals surface area contributed by atoms with Crippen molar-refractivity contribution in [3.8, 4) is 5.75 Å². The summed E-state index contributed by atoms with van der Waals surface area (Å²) in [5, 5.41) is 2.32. The van der Waals surface area contributed by atoms with E-state index in [4.69, 9.17) is 10.5 Å². The van der Waals surface area contributed by atoms with E-state index >= 15 is 0 Å². The monoisotopic (exact) mass is 258 g/mol. The number of hydrogen-bond acceptors (Lipinski definition) is 3. The van der Waals surface area contributed by atoms with E-state index in [0.717, 1.165) is 23.2 Å². The Kier molecular flexibility index (Phi) is 4.40. The fourth-order valence-corrected chi connectivity index (χ4v) is 2.11. The van der Waals surface area contributed by atoms with Crippen LogP contribution in [0.25, 0.3) is 10.8 Å². The molecule has 0 saturated heterocycles. The SMILES string of the molecule is C[C@@H](N)c1ccc2ccccc2c1OCCN(C)C. The van der Waals surface area contributed by atoms with Crippen LogP contribution in [0, 0.1) is 0 Å². The number of fused-ring (bicyclic) bond motifs is 1. The van der Waals surface area contributed by atoms with E-state index in [0.29, 0.717) is 6.61 Å². The summed E-state index contributed by atoms with van der Waals surface area (Å²) in [4.78, 5) is 2.11. The van der Waals surface area contributed by atoms with Crippen molar-refractivity contribution in [1.82, 2.24) is 4.90 Å². The van der Waals surface area contributed by atoms with Crippen LogP contribution in [-0.2, 0) is 0 Å². The summed E-state index contributed by atoms with van der Waals surface area (Å²) in [6.45, 7) is 3.55. The molecule has 2 aromatic carbocycles. The number of ether oxygens (including phenoxy) is 1. The first-order chi connectivity index (χ1) is 9.09. The molecule has 0 amide bonds. The topological polar surface area (TPSA) is 38.5 Å². The molecule has 0 aliphatic heterocycles. The predicted molar refractivity (Wildman–Crippen MR) is 80.6 cm³/mol. The number of nitrogens with two attached hydrogens (primary N) is 1. The Labute approximate surface area is 115 Å². The van der Waals surface area contributed by atoms with E-state index in [2.05, 4.69) is 29.2 Å². The molecule has 0 aromatic heterocycles. The van der Waals surface area contributed by atoms with Crippen LogP contribution in [0.1, 0.15) is 18.5 Å². The largest absolute Gasteiger partial charge is 0.491 e. The van der Waals surface area contributed by atoms with Gasteiger partial charge in [-0.1, -0.05) is 36.4 Å². The molecule has 2 aromatic rings. The normalized spacial score (nSPS) is 12.9. The number of benzene rings is 2. The quantitative estimate of drug-likeness (QED) is 0.896. The van der Waals surface area contributed by atoms with Crippen LogP contribution in [0.15, 0.2) is 36.4 Å². The molecule has 0 radical (unpaired) electrons. The van der Waals surface area contributed by atoms with E-state index in [9.17, 15) is 0 Å². The Balaban J connectivity index is 2.38. The molecule has 0 bridgehead atoms. The van der Waals surface area contributed by atoms with Gasteiger partial charge in [0.1, 0.15) is 12.4 Å². The molecule has 3 nitrogen and oxygen atoms in total. The third-order valence-electron chi connectivity index (χ3n) is 3.19. The summed E-state index contributed by atoms with van der Waals surface area (Å²) >= 11 is 0. The van der Waals surface area contributed by atoms with Crippen molar-refractivity contribution in [2.45, 2.75) is 13.0 Å². The van der Waals surface area contributed by atoms with Crippen molar-refractivity contribution in [2.75, 3.05) is 27.2 Å². The van der Waals surface area contributed by atoms with Crippen molar-refractivity contribution in [2.24, 2.45) is 5.73 Å². The second-order valence-electron chi connectivity index (χ2n) is 5.15. The summed E-state index contributed by atoms with van der Waals surface area (Å²) < 4.78 is 6.00. The lowest BCUT2D eigenvalue weighted by atomic mass is 10.0. The molecule has 3 heteroatoms. The maximum absolute atomic E-state index is 6.05. The zero-order valence-electron chi connectivity index (χ0n) is 11.9. The second kappa shape index (κ2) is 6.04. The van der Waals surface area contributed by atoms with E-state index in [1.54, 1.807) is 0 Å². The number of hydrogen-bond donors (Lipinski definition) is 1. The molecule has 19 heavy (non-hydrogen) atoms. The van der Waals surface area contributed by atoms with Crippen molar-refractivity contribution in [3.05, 3.63) is 42.0 Å². The lowest BCUT2D eigenvalue weighted by Gasteiger charge is -2.18. The van der Waals surface area contributed by atoms with Gasteiger partial charge >= 0.3 is 0 Å². The van der Waals surface area contributed by atoms with Crippen LogP contribution >= 0.6 is 0 Å². The minimum absolute atomic E-state index is 0.0287. The van der Waals surface area contributed by atoms with Crippen LogP contribution in [0.5, 0.6) is 5.75 Å². The molecule has 0 aliphatic rings. The maximum atomic E-state index is 6.05. The molecule has 0 heterocycles. The average Bonchev–Trinajstić information content (AvgIpc) is 2.38. The standard InChI is InChI=1S/C16H22N2O/c1-12(17)14-9-8-13-6-4-5-7-15(13)16(14)19-11-10-18(2)3/h4-9,12H,10-11,17H2,1-3H3/t12-/m1/s1. The van der Waals surface area contributed by atoms with E-state index < -0.39 is 0 Å². The lowest BCUT2D eigenvalue weighted by molar-refractivity contribution is 0.261. The van der Waals surface area contributed by atoms with Crippen LogP contribution < -0.4 is 10.5 Å². The van der Waals surface area contributed by atoms with Crippen LogP contribution in [0.3, 0.4) is 0 Å². The summed E-state index contributed by atoms with van der Waals surface area (Å²) in [5.41, 5.74) is 7.11. The van der Waals surface area contributed by atoms with Crippen molar-refractivity contribution >= 4 is 10.8 Å². The molecular formula is C16H22N2O. The number of rotatable bonds is 5. The molecule has 0 unspecified atom stereocenters. The zero-order valence-corrected chi connectivity index (χ0v) is 11.9. The predicted octanol–water partition coefficient (Wildman–Crippen LogP) is 2.80. The minimum atomic E-state index is -0.0287. The van der Waals surface area contributed by atoms with Gasteiger partial charge in [-0.15, -0.1) is 0 Å². The highest BCUT2D eigenvalue weighted by Crippen LogP contribution is 2.32. The molecule has 0 aliphatic carbocycles. The fourth-order valence-electron chi connectivity index (χ4n) is 2.11. The van der Waals surface area contributed by atoms with E-state index in [-0.39, 0.29) is 6.04 Å². The Morgan fingerprint density at radius 3 is 2.58 bits per heavy atom. The van der Waals surface area contributed by atoms with Gasteiger partial charge in [0.2, 0.25) is 0 Å². The second-order valence-corrected chi connectivity index (χ2v) is 5.15. The Morgan fingerprint density at radius 1 is 1.16 bits per heavy atom. The van der Waals surface area contributed by atoms with Crippen molar-refractivity contribution in [3.63, 3.8) is 0 Å². The van der Waals surface area contributed by atoms with E-state index in [1.807, 2.05) is 33.2 Å². The number of nitrogens with zero attached hydrogens (tertiary/aromatic N) is 1. The first-order valence-electron chi connectivity index (χ1n) is 6.64. The Morgan fingerprint density at radius 2 is 1.89 bits per heavy atom. The van der Waals surface area contributed by atoms with Crippen LogP contribution in [0.2, 0.25) is 0 Å². The molecule has 0 spiro atoms. The molecule has 0 fully saturated rings. The molecule has 0 saturated carbocycles. The molecule has 2 rings (SSSR count). The highest BCUT2D eigenvalue weighted by atomic mass is 16.5. The van der Waals surface area contributed by atoms with Crippen molar-refractivity contribution in [1.29, 1.82) is 0 Å². The van der Waals surface area contributed by atoms with Gasteiger partial charge in [0, 0.05) is 23.5 Å². The molecule has 102 valence electrons. The smallest absolute Gasteiger partial charge is 0.131 e. The molecular weight excluding hydrogens is 236 g/mol. The molecule has 1 atom stereocenters. The maximum Gasteiger partial charge on any atom is 0.131 e. The Bertz CT molecular complexity index is 549. The first kappa shape index (κ1) is 13.8. The van der Waals surface area contributed by atoms with Crippen LogP contribution in [-0.4, -0.2) is 32.1 Å². The van der Waals surface area contributed by atoms with Gasteiger partial charge in [-0.2, -0.15) is 0 Å². The molecule has 2 N–H and O–H groups in total.